The van der Waals surface area contributed by atoms with Crippen LogP contribution in [0.3, 0.4) is 0 Å². The maximum Gasteiger partial charge on any atom is 0.317 e. The van der Waals surface area contributed by atoms with Crippen LogP contribution in [-0.2, 0) is 4.79 Å². The third kappa shape index (κ3) is 5.54. The Labute approximate surface area is 91.2 Å². The molecule has 0 saturated heterocycles. The van der Waals surface area contributed by atoms with Crippen LogP contribution >= 0.6 is 0 Å². The number of carbonyl (C=O) groups is 1. The molecular weight excluding hydrogens is 194 g/mol. The third-order valence-electron chi connectivity index (χ3n) is 2.53. The molecule has 4 heteroatoms. The van der Waals surface area contributed by atoms with Crippen LogP contribution in [0.1, 0.15) is 20.8 Å². The van der Waals surface area contributed by atoms with E-state index in [9.17, 15) is 9.90 Å². The molecule has 0 saturated carbocycles. The molecule has 0 aromatic heterocycles. The van der Waals surface area contributed by atoms with Gasteiger partial charge in [0.2, 0.25) is 0 Å². The normalized spacial score (nSPS) is 15.3. The van der Waals surface area contributed by atoms with E-state index in [1.807, 2.05) is 13.8 Å². The standard InChI is InChI=1S/C11H21NO3/c1-5-6-12(7-10(13)14)8-11(4,15)9(2)3/h5,9,15H,1,6-8H2,2-4H3,(H,13,14). The minimum Gasteiger partial charge on any atom is -0.480 e. The molecule has 88 valence electrons. The van der Waals surface area contributed by atoms with Crippen LogP contribution < -0.4 is 0 Å². The van der Waals surface area contributed by atoms with E-state index >= 15 is 0 Å². The Bertz CT molecular complexity index is 224. The zero-order valence-corrected chi connectivity index (χ0v) is 9.73. The smallest absolute Gasteiger partial charge is 0.317 e. The fraction of sp³-hybridized carbons (Fsp3) is 0.727. The van der Waals surface area contributed by atoms with Crippen LogP contribution in [0.4, 0.5) is 0 Å². The van der Waals surface area contributed by atoms with Crippen LogP contribution in [0, 0.1) is 5.92 Å². The number of aliphatic hydroxyl groups is 1. The van der Waals surface area contributed by atoms with Crippen molar-refractivity contribution in [2.75, 3.05) is 19.6 Å². The molecular formula is C11H21NO3. The summed E-state index contributed by atoms with van der Waals surface area (Å²) < 4.78 is 0. The Balaban J connectivity index is 4.38. The minimum absolute atomic E-state index is 0.0745. The second-order valence-corrected chi connectivity index (χ2v) is 4.36. The molecule has 0 spiro atoms. The van der Waals surface area contributed by atoms with E-state index in [4.69, 9.17) is 5.11 Å². The molecule has 2 N–H and O–H groups in total. The van der Waals surface area contributed by atoms with Crippen molar-refractivity contribution in [3.8, 4) is 0 Å². The summed E-state index contributed by atoms with van der Waals surface area (Å²) in [5, 5.41) is 18.7. The number of aliphatic carboxylic acids is 1. The van der Waals surface area contributed by atoms with Crippen molar-refractivity contribution in [2.45, 2.75) is 26.4 Å². The Morgan fingerprint density at radius 1 is 1.60 bits per heavy atom. The van der Waals surface area contributed by atoms with Crippen molar-refractivity contribution in [1.29, 1.82) is 0 Å². The highest BCUT2D eigenvalue weighted by atomic mass is 16.4. The summed E-state index contributed by atoms with van der Waals surface area (Å²) in [7, 11) is 0. The molecule has 1 unspecified atom stereocenters. The predicted octanol–water partition coefficient (Wildman–Crippen LogP) is 0.966. The third-order valence-corrected chi connectivity index (χ3v) is 2.53. The van der Waals surface area contributed by atoms with Crippen molar-refractivity contribution >= 4 is 5.97 Å². The van der Waals surface area contributed by atoms with Gasteiger partial charge in [0.1, 0.15) is 0 Å². The van der Waals surface area contributed by atoms with E-state index in [0.717, 1.165) is 0 Å². The van der Waals surface area contributed by atoms with Crippen molar-refractivity contribution in [2.24, 2.45) is 5.92 Å². The van der Waals surface area contributed by atoms with E-state index < -0.39 is 11.6 Å². The molecule has 4 nitrogen and oxygen atoms in total. The lowest BCUT2D eigenvalue weighted by molar-refractivity contribution is -0.139. The van der Waals surface area contributed by atoms with E-state index in [2.05, 4.69) is 6.58 Å². The van der Waals surface area contributed by atoms with Gasteiger partial charge >= 0.3 is 5.97 Å². The van der Waals surface area contributed by atoms with Crippen molar-refractivity contribution < 1.29 is 15.0 Å². The molecule has 0 aliphatic heterocycles. The van der Waals surface area contributed by atoms with Crippen LogP contribution in [0.15, 0.2) is 12.7 Å². The quantitative estimate of drug-likeness (QED) is 0.621. The zero-order valence-electron chi connectivity index (χ0n) is 9.73. The highest BCUT2D eigenvalue weighted by molar-refractivity contribution is 5.69. The van der Waals surface area contributed by atoms with E-state index in [1.54, 1.807) is 17.9 Å². The second-order valence-electron chi connectivity index (χ2n) is 4.36. The van der Waals surface area contributed by atoms with E-state index in [0.29, 0.717) is 13.1 Å². The number of hydrogen-bond donors (Lipinski definition) is 2. The van der Waals surface area contributed by atoms with Crippen molar-refractivity contribution in [1.82, 2.24) is 4.90 Å². The van der Waals surface area contributed by atoms with Gasteiger partial charge in [0.15, 0.2) is 0 Å². The van der Waals surface area contributed by atoms with Gasteiger partial charge in [-0.25, -0.2) is 0 Å². The summed E-state index contributed by atoms with van der Waals surface area (Å²) in [6, 6.07) is 0. The Hall–Kier alpha value is -0.870. The summed E-state index contributed by atoms with van der Waals surface area (Å²) in [5.41, 5.74) is -0.877. The first-order valence-corrected chi connectivity index (χ1v) is 5.07. The van der Waals surface area contributed by atoms with Crippen LogP contribution in [0.5, 0.6) is 0 Å². The first-order chi connectivity index (χ1) is 6.79. The largest absolute Gasteiger partial charge is 0.480 e. The monoisotopic (exact) mass is 215 g/mol. The van der Waals surface area contributed by atoms with Gasteiger partial charge in [-0.15, -0.1) is 6.58 Å². The van der Waals surface area contributed by atoms with Crippen LogP contribution in [0.25, 0.3) is 0 Å². The number of carboxylic acid groups (broad SMARTS) is 1. The number of hydrogen-bond acceptors (Lipinski definition) is 3. The van der Waals surface area contributed by atoms with Gasteiger partial charge < -0.3 is 10.2 Å². The van der Waals surface area contributed by atoms with Gasteiger partial charge in [0, 0.05) is 13.1 Å². The lowest BCUT2D eigenvalue weighted by Crippen LogP contribution is -2.46. The van der Waals surface area contributed by atoms with Gasteiger partial charge in [-0.1, -0.05) is 19.9 Å². The molecule has 0 radical (unpaired) electrons. The second kappa shape index (κ2) is 5.88. The molecule has 0 bridgehead atoms. The lowest BCUT2D eigenvalue weighted by atomic mass is 9.92. The molecule has 0 heterocycles. The summed E-state index contributed by atoms with van der Waals surface area (Å²) in [6.45, 7) is 9.83. The predicted molar refractivity (Wildman–Crippen MR) is 59.7 cm³/mol. The molecule has 0 aliphatic carbocycles. The van der Waals surface area contributed by atoms with Crippen molar-refractivity contribution in [3.05, 3.63) is 12.7 Å². The van der Waals surface area contributed by atoms with Gasteiger partial charge in [0.25, 0.3) is 0 Å². The molecule has 0 aromatic rings. The topological polar surface area (TPSA) is 60.8 Å². The minimum atomic E-state index is -0.892. The molecule has 15 heavy (non-hydrogen) atoms. The Morgan fingerprint density at radius 3 is 2.47 bits per heavy atom. The van der Waals surface area contributed by atoms with Crippen LogP contribution in [-0.4, -0.2) is 46.3 Å². The summed E-state index contributed by atoms with van der Waals surface area (Å²) in [4.78, 5) is 12.2. The first kappa shape index (κ1) is 14.1. The van der Waals surface area contributed by atoms with Crippen molar-refractivity contribution in [3.63, 3.8) is 0 Å². The van der Waals surface area contributed by atoms with E-state index in [-0.39, 0.29) is 12.5 Å². The summed E-state index contributed by atoms with van der Waals surface area (Å²) >= 11 is 0. The van der Waals surface area contributed by atoms with Gasteiger partial charge in [-0.2, -0.15) is 0 Å². The van der Waals surface area contributed by atoms with Crippen LogP contribution in [0.2, 0.25) is 0 Å². The number of rotatable bonds is 7. The fourth-order valence-corrected chi connectivity index (χ4v) is 1.19. The SMILES string of the molecule is C=CCN(CC(=O)O)CC(C)(O)C(C)C. The summed E-state index contributed by atoms with van der Waals surface area (Å²) in [6.07, 6.45) is 1.64. The van der Waals surface area contributed by atoms with Gasteiger partial charge in [-0.3, -0.25) is 9.69 Å². The molecule has 0 rings (SSSR count). The molecule has 1 atom stereocenters. The summed E-state index contributed by atoms with van der Waals surface area (Å²) in [5.74, 6) is -0.810. The first-order valence-electron chi connectivity index (χ1n) is 5.07. The molecule has 0 fully saturated rings. The maximum atomic E-state index is 10.6. The van der Waals surface area contributed by atoms with E-state index in [1.165, 1.54) is 0 Å². The average molecular weight is 215 g/mol. The highest BCUT2D eigenvalue weighted by Crippen LogP contribution is 2.17. The van der Waals surface area contributed by atoms with Gasteiger partial charge in [0.05, 0.1) is 12.1 Å². The number of nitrogens with zero attached hydrogens (tertiary/aromatic N) is 1. The zero-order chi connectivity index (χ0) is 12.1. The average Bonchev–Trinajstić information content (AvgIpc) is 2.01. The molecule has 0 aromatic carbocycles. The Morgan fingerprint density at radius 2 is 2.13 bits per heavy atom. The number of carboxylic acids is 1. The van der Waals surface area contributed by atoms with Gasteiger partial charge in [-0.05, 0) is 12.8 Å². The molecule has 0 amide bonds. The fourth-order valence-electron chi connectivity index (χ4n) is 1.19. The molecule has 0 aliphatic rings. The Kier molecular flexibility index (Phi) is 5.54. The highest BCUT2D eigenvalue weighted by Gasteiger charge is 2.27. The lowest BCUT2D eigenvalue weighted by Gasteiger charge is -2.33. The maximum absolute atomic E-state index is 10.6.